The second-order valence-corrected chi connectivity index (χ2v) is 7.46. The summed E-state index contributed by atoms with van der Waals surface area (Å²) in [5.74, 6) is -2.28. The van der Waals surface area contributed by atoms with Crippen LogP contribution in [0.1, 0.15) is 76.7 Å². The van der Waals surface area contributed by atoms with Crippen LogP contribution >= 0.6 is 0 Å². The fourth-order valence-electron chi connectivity index (χ4n) is 3.20. The molecule has 0 aromatic heterocycles. The molecule has 0 fully saturated rings. The monoisotopic (exact) mass is 436 g/mol. The number of aromatic hydroxyl groups is 1. The van der Waals surface area contributed by atoms with Crippen molar-refractivity contribution in [1.29, 1.82) is 0 Å². The summed E-state index contributed by atoms with van der Waals surface area (Å²) < 4.78 is 15.3. The fraction of sp³-hybridized carbons (Fsp3) is 0.583. The number of phenolic OH excluding ortho intramolecular Hbond substituents is 1. The van der Waals surface area contributed by atoms with E-state index in [9.17, 15) is 19.8 Å². The molecule has 0 saturated heterocycles. The molecule has 1 aromatic carbocycles. The number of hydrogen-bond acceptors (Lipinski definition) is 6. The van der Waals surface area contributed by atoms with Gasteiger partial charge < -0.3 is 24.4 Å². The second kappa shape index (κ2) is 15.2. The topological polar surface area (TPSA) is 102 Å². The van der Waals surface area contributed by atoms with Gasteiger partial charge in [-0.25, -0.2) is 9.59 Å². The third-order valence-electron chi connectivity index (χ3n) is 4.99. The number of esters is 1. The van der Waals surface area contributed by atoms with Crippen LogP contribution in [-0.4, -0.2) is 43.0 Å². The molecule has 0 amide bonds. The first kappa shape index (κ1) is 26.3. The average Bonchev–Trinajstić information content (AvgIpc) is 2.76. The molecule has 174 valence electrons. The van der Waals surface area contributed by atoms with Gasteiger partial charge >= 0.3 is 11.9 Å². The lowest BCUT2D eigenvalue weighted by Gasteiger charge is -2.10. The number of hydrogen-bond donors (Lipinski definition) is 2. The molecular formula is C24H36O7. The minimum Gasteiger partial charge on any atom is -0.502 e. The van der Waals surface area contributed by atoms with Gasteiger partial charge in [0.05, 0.1) is 20.8 Å². The summed E-state index contributed by atoms with van der Waals surface area (Å²) in [5.41, 5.74) is -0.165. The van der Waals surface area contributed by atoms with Gasteiger partial charge in [0.15, 0.2) is 11.5 Å². The lowest BCUT2D eigenvalue weighted by Crippen LogP contribution is -2.16. The van der Waals surface area contributed by atoms with E-state index in [-0.39, 0.29) is 23.9 Å². The van der Waals surface area contributed by atoms with Crippen LogP contribution in [0.5, 0.6) is 17.2 Å². The normalized spacial score (nSPS) is 11.3. The number of carboxylic acids is 1. The fourth-order valence-corrected chi connectivity index (χ4v) is 3.20. The molecule has 0 heterocycles. The largest absolute Gasteiger partial charge is 0.502 e. The first-order chi connectivity index (χ1) is 14.9. The van der Waals surface area contributed by atoms with Crippen LogP contribution in [0, 0.1) is 0 Å². The number of unbranched alkanes of at least 4 members (excludes halogenated alkanes) is 9. The number of methoxy groups -OCH3 is 2. The third-order valence-corrected chi connectivity index (χ3v) is 4.99. The van der Waals surface area contributed by atoms with Crippen LogP contribution < -0.4 is 9.47 Å². The van der Waals surface area contributed by atoms with Gasteiger partial charge in [-0.3, -0.25) is 0 Å². The molecule has 1 rings (SSSR count). The molecule has 0 aliphatic heterocycles. The zero-order valence-corrected chi connectivity index (χ0v) is 18.9. The summed E-state index contributed by atoms with van der Waals surface area (Å²) >= 11 is 0. The van der Waals surface area contributed by atoms with E-state index in [2.05, 4.69) is 6.92 Å². The highest BCUT2D eigenvalue weighted by Crippen LogP contribution is 2.37. The summed E-state index contributed by atoms with van der Waals surface area (Å²) in [6.07, 6.45) is 12.8. The van der Waals surface area contributed by atoms with Crippen LogP contribution in [0.25, 0.3) is 6.08 Å². The van der Waals surface area contributed by atoms with Crippen LogP contribution in [0.2, 0.25) is 0 Å². The Hall–Kier alpha value is -2.70. The highest BCUT2D eigenvalue weighted by Gasteiger charge is 2.20. The Bertz CT molecular complexity index is 700. The Morgan fingerprint density at radius 3 is 1.81 bits per heavy atom. The number of phenols is 1. The molecule has 0 unspecified atom stereocenters. The van der Waals surface area contributed by atoms with Gasteiger partial charge in [0.1, 0.15) is 5.57 Å². The number of carbonyl (C=O) groups excluding carboxylic acids is 1. The molecule has 7 heteroatoms. The Labute approximate surface area is 185 Å². The van der Waals surface area contributed by atoms with Gasteiger partial charge in [-0.15, -0.1) is 0 Å². The average molecular weight is 437 g/mol. The smallest absolute Gasteiger partial charge is 0.345 e. The second-order valence-electron chi connectivity index (χ2n) is 7.46. The number of ether oxygens (including phenoxy) is 3. The number of carbonyl (C=O) groups is 2. The molecule has 0 saturated carbocycles. The van der Waals surface area contributed by atoms with Crippen LogP contribution in [-0.2, 0) is 14.3 Å². The molecule has 31 heavy (non-hydrogen) atoms. The van der Waals surface area contributed by atoms with Gasteiger partial charge in [-0.1, -0.05) is 64.7 Å². The molecule has 0 aliphatic carbocycles. The van der Waals surface area contributed by atoms with Crippen molar-refractivity contribution in [2.75, 3.05) is 20.8 Å². The predicted octanol–water partition coefficient (Wildman–Crippen LogP) is 5.34. The maximum atomic E-state index is 12.2. The van der Waals surface area contributed by atoms with E-state index in [4.69, 9.17) is 14.2 Å². The Kier molecular flexibility index (Phi) is 12.9. The van der Waals surface area contributed by atoms with Crippen molar-refractivity contribution in [3.8, 4) is 17.2 Å². The van der Waals surface area contributed by atoms with Gasteiger partial charge in [-0.2, -0.15) is 0 Å². The third kappa shape index (κ3) is 9.77. The lowest BCUT2D eigenvalue weighted by atomic mass is 10.1. The van der Waals surface area contributed by atoms with Gasteiger partial charge in [-0.05, 0) is 30.2 Å². The number of rotatable bonds is 16. The van der Waals surface area contributed by atoms with E-state index in [1.54, 1.807) is 0 Å². The van der Waals surface area contributed by atoms with Crippen molar-refractivity contribution in [2.45, 2.75) is 71.1 Å². The van der Waals surface area contributed by atoms with Crippen LogP contribution in [0.4, 0.5) is 0 Å². The van der Waals surface area contributed by atoms with Crippen molar-refractivity contribution in [3.63, 3.8) is 0 Å². The van der Waals surface area contributed by atoms with Crippen molar-refractivity contribution in [3.05, 3.63) is 23.3 Å². The predicted molar refractivity (Wildman–Crippen MR) is 120 cm³/mol. The Balaban J connectivity index is 2.50. The Morgan fingerprint density at radius 2 is 1.35 bits per heavy atom. The highest BCUT2D eigenvalue weighted by molar-refractivity contribution is 6.17. The summed E-state index contributed by atoms with van der Waals surface area (Å²) in [6, 6.07) is 2.83. The van der Waals surface area contributed by atoms with Crippen molar-refractivity contribution >= 4 is 18.0 Å². The number of carboxylic acid groups (broad SMARTS) is 1. The van der Waals surface area contributed by atoms with E-state index in [0.29, 0.717) is 12.0 Å². The highest BCUT2D eigenvalue weighted by atomic mass is 16.5. The molecule has 0 radical (unpaired) electrons. The molecular weight excluding hydrogens is 400 g/mol. The maximum Gasteiger partial charge on any atom is 0.345 e. The first-order valence-corrected chi connectivity index (χ1v) is 11.0. The molecule has 0 spiro atoms. The molecule has 0 bridgehead atoms. The quantitative estimate of drug-likeness (QED) is 0.118. The molecule has 1 aromatic rings. The molecule has 0 atom stereocenters. The minimum atomic E-state index is -1.39. The van der Waals surface area contributed by atoms with E-state index in [1.165, 1.54) is 77.4 Å². The van der Waals surface area contributed by atoms with E-state index in [1.807, 2.05) is 0 Å². The summed E-state index contributed by atoms with van der Waals surface area (Å²) in [7, 11) is 2.72. The summed E-state index contributed by atoms with van der Waals surface area (Å²) in [6.45, 7) is 2.39. The van der Waals surface area contributed by atoms with Crippen LogP contribution in [0.15, 0.2) is 17.7 Å². The maximum absolute atomic E-state index is 12.2. The molecule has 7 nitrogen and oxygen atoms in total. The Morgan fingerprint density at radius 1 is 0.871 bits per heavy atom. The standard InChI is InChI=1S/C24H36O7/c1-4-5-6-7-8-9-10-11-12-13-14-31-24(28)19(23(26)27)15-18-16-20(29-2)22(25)21(17-18)30-3/h15-17,25H,4-14H2,1-3H3,(H,26,27). The number of benzene rings is 1. The first-order valence-electron chi connectivity index (χ1n) is 11.0. The van der Waals surface area contributed by atoms with Crippen molar-refractivity contribution in [2.24, 2.45) is 0 Å². The minimum absolute atomic E-state index is 0.106. The molecule has 2 N–H and O–H groups in total. The van der Waals surface area contributed by atoms with E-state index >= 15 is 0 Å². The SMILES string of the molecule is CCCCCCCCCCCCOC(=O)C(=Cc1cc(OC)c(O)c(OC)c1)C(=O)O. The van der Waals surface area contributed by atoms with E-state index < -0.39 is 17.5 Å². The van der Waals surface area contributed by atoms with Gasteiger partial charge in [0.25, 0.3) is 0 Å². The van der Waals surface area contributed by atoms with Crippen molar-refractivity contribution < 1.29 is 34.0 Å². The lowest BCUT2D eigenvalue weighted by molar-refractivity contribution is -0.144. The van der Waals surface area contributed by atoms with Gasteiger partial charge in [0, 0.05) is 0 Å². The zero-order chi connectivity index (χ0) is 23.1. The van der Waals surface area contributed by atoms with Crippen LogP contribution in [0.3, 0.4) is 0 Å². The van der Waals surface area contributed by atoms with Gasteiger partial charge in [0.2, 0.25) is 5.75 Å². The molecule has 0 aliphatic rings. The van der Waals surface area contributed by atoms with Crippen molar-refractivity contribution in [1.82, 2.24) is 0 Å². The zero-order valence-electron chi connectivity index (χ0n) is 18.9. The van der Waals surface area contributed by atoms with E-state index in [0.717, 1.165) is 12.8 Å². The summed E-state index contributed by atoms with van der Waals surface area (Å²) in [4.78, 5) is 23.8. The summed E-state index contributed by atoms with van der Waals surface area (Å²) in [5, 5.41) is 19.4. The number of aliphatic carboxylic acids is 1.